The summed E-state index contributed by atoms with van der Waals surface area (Å²) in [5.74, 6) is -0.659. The predicted octanol–water partition coefficient (Wildman–Crippen LogP) is 6.32. The summed E-state index contributed by atoms with van der Waals surface area (Å²) in [5, 5.41) is 8.41. The van der Waals surface area contributed by atoms with Crippen LogP contribution < -0.4 is 0 Å². The fourth-order valence-electron chi connectivity index (χ4n) is 2.18. The molecule has 0 aliphatic heterocycles. The summed E-state index contributed by atoms with van der Waals surface area (Å²) in [6.45, 7) is 5.86. The Morgan fingerprint density at radius 3 is 1.86 bits per heavy atom. The Balaban J connectivity index is 0.000000461. The van der Waals surface area contributed by atoms with Crippen molar-refractivity contribution < 1.29 is 9.90 Å². The average molecular weight is 304 g/mol. The van der Waals surface area contributed by atoms with Gasteiger partial charge < -0.3 is 5.11 Å². The van der Waals surface area contributed by atoms with Gasteiger partial charge in [0, 0.05) is 6.42 Å². The molecule has 1 rings (SSSR count). The lowest BCUT2D eigenvalue weighted by Gasteiger charge is -2.00. The van der Waals surface area contributed by atoms with E-state index in [1.807, 2.05) is 36.4 Å². The Hall–Kier alpha value is -1.57. The molecular formula is C20H32O2. The normalized spacial score (nSPS) is 9.68. The van der Waals surface area contributed by atoms with Gasteiger partial charge in [0.05, 0.1) is 0 Å². The smallest absolute Gasteiger partial charge is 0.303 e. The summed E-state index contributed by atoms with van der Waals surface area (Å²) in [7, 11) is 0. The van der Waals surface area contributed by atoms with Gasteiger partial charge in [-0.1, -0.05) is 101 Å². The number of carbonyl (C=O) groups is 1. The topological polar surface area (TPSA) is 37.3 Å². The molecule has 1 aromatic carbocycles. The first-order valence-electron chi connectivity index (χ1n) is 8.60. The lowest BCUT2D eigenvalue weighted by Crippen LogP contribution is -1.93. The minimum atomic E-state index is -0.659. The molecule has 0 bridgehead atoms. The first-order valence-corrected chi connectivity index (χ1v) is 8.60. The monoisotopic (exact) mass is 304 g/mol. The molecule has 1 aromatic rings. The van der Waals surface area contributed by atoms with Gasteiger partial charge in [0.25, 0.3) is 0 Å². The van der Waals surface area contributed by atoms with Crippen LogP contribution in [0.25, 0.3) is 6.08 Å². The number of unbranched alkanes of at least 4 members (excludes halogenated alkanes) is 8. The van der Waals surface area contributed by atoms with Crippen molar-refractivity contribution in [2.75, 3.05) is 0 Å². The molecule has 0 aromatic heterocycles. The van der Waals surface area contributed by atoms with Gasteiger partial charge >= 0.3 is 5.97 Å². The predicted molar refractivity (Wildman–Crippen MR) is 96.0 cm³/mol. The summed E-state index contributed by atoms with van der Waals surface area (Å²) in [5.41, 5.74) is 1.17. The number of hydrogen-bond donors (Lipinski definition) is 1. The van der Waals surface area contributed by atoms with Crippen LogP contribution in [0.3, 0.4) is 0 Å². The second-order valence-electron chi connectivity index (χ2n) is 5.59. The molecule has 0 atom stereocenters. The third kappa shape index (κ3) is 14.8. The van der Waals surface area contributed by atoms with E-state index in [9.17, 15) is 4.79 Å². The van der Waals surface area contributed by atoms with Gasteiger partial charge in [-0.05, 0) is 12.0 Å². The molecule has 0 saturated carbocycles. The van der Waals surface area contributed by atoms with Gasteiger partial charge in [-0.2, -0.15) is 0 Å². The summed E-state index contributed by atoms with van der Waals surface area (Å²) >= 11 is 0. The van der Waals surface area contributed by atoms with Crippen LogP contribution >= 0.6 is 0 Å². The lowest BCUT2D eigenvalue weighted by molar-refractivity contribution is -0.137. The van der Waals surface area contributed by atoms with Crippen molar-refractivity contribution in [2.24, 2.45) is 0 Å². The van der Waals surface area contributed by atoms with Crippen LogP contribution in [0, 0.1) is 0 Å². The summed E-state index contributed by atoms with van der Waals surface area (Å²) in [6.07, 6.45) is 13.3. The molecule has 22 heavy (non-hydrogen) atoms. The maximum Gasteiger partial charge on any atom is 0.303 e. The number of hydrogen-bond acceptors (Lipinski definition) is 1. The van der Waals surface area contributed by atoms with Crippen molar-refractivity contribution >= 4 is 12.0 Å². The molecule has 1 N–H and O–H groups in total. The molecule has 0 unspecified atom stereocenters. The zero-order valence-electron chi connectivity index (χ0n) is 14.1. The Kier molecular flexibility index (Phi) is 14.7. The molecule has 0 fully saturated rings. The standard InChI is InChI=1S/C12H24O2.C8H8/c1-2-3-4-5-6-7-8-9-10-11-12(13)14;1-2-8-6-4-3-5-7-8/h2-11H2,1H3,(H,13,14);2-7H,1H2. The SMILES string of the molecule is C=Cc1ccccc1.CCCCCCCCCCCC(=O)O. The third-order valence-corrected chi connectivity index (χ3v) is 3.53. The van der Waals surface area contributed by atoms with Crippen molar-refractivity contribution in [1.29, 1.82) is 0 Å². The van der Waals surface area contributed by atoms with E-state index in [-0.39, 0.29) is 0 Å². The van der Waals surface area contributed by atoms with Crippen LogP contribution in [-0.2, 0) is 4.79 Å². The molecule has 0 radical (unpaired) electrons. The molecule has 124 valence electrons. The molecule has 0 spiro atoms. The Labute approximate surface area is 136 Å². The fourth-order valence-corrected chi connectivity index (χ4v) is 2.18. The maximum atomic E-state index is 10.2. The van der Waals surface area contributed by atoms with Gasteiger partial charge in [-0.3, -0.25) is 4.79 Å². The third-order valence-electron chi connectivity index (χ3n) is 3.53. The highest BCUT2D eigenvalue weighted by molar-refractivity contribution is 5.66. The van der Waals surface area contributed by atoms with Crippen LogP contribution in [0.1, 0.15) is 76.7 Å². The van der Waals surface area contributed by atoms with E-state index in [4.69, 9.17) is 5.11 Å². The van der Waals surface area contributed by atoms with Gasteiger partial charge in [0.1, 0.15) is 0 Å². The Morgan fingerprint density at radius 2 is 1.45 bits per heavy atom. The van der Waals surface area contributed by atoms with Crippen LogP contribution in [-0.4, -0.2) is 11.1 Å². The van der Waals surface area contributed by atoms with Crippen LogP contribution in [0.4, 0.5) is 0 Å². The minimum absolute atomic E-state index is 0.343. The zero-order chi connectivity index (χ0) is 16.5. The quantitative estimate of drug-likeness (QED) is 0.485. The first-order chi connectivity index (χ1) is 10.7. The average Bonchev–Trinajstić information content (AvgIpc) is 2.54. The molecule has 2 nitrogen and oxygen atoms in total. The lowest BCUT2D eigenvalue weighted by atomic mass is 10.1. The number of rotatable bonds is 11. The van der Waals surface area contributed by atoms with Gasteiger partial charge in [-0.15, -0.1) is 0 Å². The molecule has 0 heterocycles. The van der Waals surface area contributed by atoms with Crippen LogP contribution in [0.2, 0.25) is 0 Å². The van der Waals surface area contributed by atoms with E-state index in [2.05, 4.69) is 13.5 Å². The molecule has 0 saturated heterocycles. The number of benzene rings is 1. The number of carboxylic acids is 1. The molecule has 2 heteroatoms. The molecule has 0 amide bonds. The van der Waals surface area contributed by atoms with Crippen molar-refractivity contribution in [3.8, 4) is 0 Å². The summed E-state index contributed by atoms with van der Waals surface area (Å²) in [6, 6.07) is 10.0. The summed E-state index contributed by atoms with van der Waals surface area (Å²) in [4.78, 5) is 10.2. The van der Waals surface area contributed by atoms with Crippen molar-refractivity contribution in [2.45, 2.75) is 71.1 Å². The number of aliphatic carboxylic acids is 1. The van der Waals surface area contributed by atoms with Gasteiger partial charge in [-0.25, -0.2) is 0 Å². The first kappa shape index (κ1) is 20.4. The van der Waals surface area contributed by atoms with Crippen LogP contribution in [0.15, 0.2) is 36.9 Å². The number of carboxylic acid groups (broad SMARTS) is 1. The molecule has 0 aliphatic carbocycles. The highest BCUT2D eigenvalue weighted by Gasteiger charge is 1.96. The van der Waals surface area contributed by atoms with E-state index in [0.717, 1.165) is 12.8 Å². The van der Waals surface area contributed by atoms with Crippen molar-refractivity contribution in [3.05, 3.63) is 42.5 Å². The van der Waals surface area contributed by atoms with Crippen molar-refractivity contribution in [1.82, 2.24) is 0 Å². The van der Waals surface area contributed by atoms with E-state index in [1.165, 1.54) is 50.5 Å². The maximum absolute atomic E-state index is 10.2. The Bertz CT molecular complexity index is 371. The van der Waals surface area contributed by atoms with Gasteiger partial charge in [0.15, 0.2) is 0 Å². The van der Waals surface area contributed by atoms with Crippen LogP contribution in [0.5, 0.6) is 0 Å². The van der Waals surface area contributed by atoms with E-state index >= 15 is 0 Å². The highest BCUT2D eigenvalue weighted by Crippen LogP contribution is 2.10. The van der Waals surface area contributed by atoms with Gasteiger partial charge in [0.2, 0.25) is 0 Å². The highest BCUT2D eigenvalue weighted by atomic mass is 16.4. The zero-order valence-corrected chi connectivity index (χ0v) is 14.1. The van der Waals surface area contributed by atoms with E-state index in [0.29, 0.717) is 6.42 Å². The molecular weight excluding hydrogens is 272 g/mol. The second-order valence-corrected chi connectivity index (χ2v) is 5.59. The Morgan fingerprint density at radius 1 is 0.955 bits per heavy atom. The summed E-state index contributed by atoms with van der Waals surface area (Å²) < 4.78 is 0. The fraction of sp³-hybridized carbons (Fsp3) is 0.550. The van der Waals surface area contributed by atoms with E-state index < -0.39 is 5.97 Å². The van der Waals surface area contributed by atoms with Crippen molar-refractivity contribution in [3.63, 3.8) is 0 Å². The second kappa shape index (κ2) is 15.8. The largest absolute Gasteiger partial charge is 0.481 e. The minimum Gasteiger partial charge on any atom is -0.481 e. The van der Waals surface area contributed by atoms with E-state index in [1.54, 1.807) is 0 Å². The molecule has 0 aliphatic rings.